The highest BCUT2D eigenvalue weighted by Crippen LogP contribution is 2.26. The average molecular weight is 995 g/mol. The molecule has 0 radical (unpaired) electrons. The van der Waals surface area contributed by atoms with Gasteiger partial charge >= 0.3 is 10.4 Å². The van der Waals surface area contributed by atoms with Crippen molar-refractivity contribution in [1.82, 2.24) is 5.32 Å². The molecule has 1 aliphatic rings. The van der Waals surface area contributed by atoms with Gasteiger partial charge < -0.3 is 40.3 Å². The lowest BCUT2D eigenvalue weighted by Gasteiger charge is -2.41. The number of hydrogen-bond donors (Lipinski definition) is 7. The quantitative estimate of drug-likeness (QED) is 0.0224. The lowest BCUT2D eigenvalue weighted by atomic mass is 9.99. The molecule has 0 aromatic carbocycles. The molecule has 1 fully saturated rings. The van der Waals surface area contributed by atoms with Crippen LogP contribution in [0.1, 0.15) is 277 Å². The van der Waals surface area contributed by atoms with Crippen molar-refractivity contribution >= 4 is 16.3 Å². The Kier molecular flexibility index (Phi) is 42.8. The summed E-state index contributed by atoms with van der Waals surface area (Å²) in [6.45, 7) is 3.33. The molecule has 0 aromatic heterocycles. The van der Waals surface area contributed by atoms with E-state index in [1.165, 1.54) is 199 Å². The highest BCUT2D eigenvalue weighted by atomic mass is 32.3. The molecule has 0 aliphatic carbocycles. The van der Waals surface area contributed by atoms with Gasteiger partial charge in [-0.05, 0) is 12.8 Å². The standard InChI is InChI=1S/C54H107NO12S/c1-3-5-7-9-11-13-15-17-19-21-23-24-25-27-29-31-33-35-37-39-41-43-48(58)53(61)55-46(45-65-54-51(60)52(67-68(62,63)64)50(59)49(44-56)66-54)47(57)42-40-38-36-34-32-30-28-26-22-20-18-16-14-12-10-8-6-4-2/h46-52,54,56-60H,3-45H2,1-2H3,(H,55,61)(H,62,63,64). The summed E-state index contributed by atoms with van der Waals surface area (Å²) < 4.78 is 47.8. The summed E-state index contributed by atoms with van der Waals surface area (Å²) in [6.07, 6.45) is 38.5. The molecule has 1 saturated heterocycles. The topological polar surface area (TPSA) is 212 Å². The Hall–Kier alpha value is -0.940. The van der Waals surface area contributed by atoms with Gasteiger partial charge in [0.05, 0.1) is 25.4 Å². The van der Waals surface area contributed by atoms with Crippen molar-refractivity contribution in [3.63, 3.8) is 0 Å². The van der Waals surface area contributed by atoms with Gasteiger partial charge in [-0.3, -0.25) is 9.35 Å². The van der Waals surface area contributed by atoms with E-state index in [4.69, 9.17) is 9.47 Å². The van der Waals surface area contributed by atoms with Crippen molar-refractivity contribution in [2.24, 2.45) is 0 Å². The van der Waals surface area contributed by atoms with Crippen LogP contribution in [0.3, 0.4) is 0 Å². The Labute approximate surface area is 416 Å². The number of unbranched alkanes of at least 4 members (excludes halogenated alkanes) is 37. The molecule has 8 atom stereocenters. The molecule has 406 valence electrons. The molecule has 7 N–H and O–H groups in total. The van der Waals surface area contributed by atoms with Crippen molar-refractivity contribution in [1.29, 1.82) is 0 Å². The summed E-state index contributed by atoms with van der Waals surface area (Å²) >= 11 is 0. The molecule has 1 heterocycles. The summed E-state index contributed by atoms with van der Waals surface area (Å²) in [6, 6.07) is -1.03. The molecule has 1 aliphatic heterocycles. The predicted octanol–water partition coefficient (Wildman–Crippen LogP) is 11.9. The van der Waals surface area contributed by atoms with Crippen molar-refractivity contribution in [2.75, 3.05) is 13.2 Å². The third-order valence-electron chi connectivity index (χ3n) is 14.0. The van der Waals surface area contributed by atoms with Gasteiger partial charge in [-0.25, -0.2) is 4.18 Å². The normalized spacial score (nSPS) is 20.1. The first-order valence-electron chi connectivity index (χ1n) is 28.5. The molecule has 14 heteroatoms. The number of amides is 1. The maximum atomic E-state index is 13.2. The van der Waals surface area contributed by atoms with Crippen LogP contribution in [0.25, 0.3) is 0 Å². The molecule has 8 unspecified atom stereocenters. The summed E-state index contributed by atoms with van der Waals surface area (Å²) in [5.41, 5.74) is 0. The Morgan fingerprint density at radius 1 is 0.529 bits per heavy atom. The Balaban J connectivity index is 2.41. The van der Waals surface area contributed by atoms with Crippen LogP contribution in [0.15, 0.2) is 0 Å². The van der Waals surface area contributed by atoms with Crippen LogP contribution >= 0.6 is 0 Å². The second-order valence-corrected chi connectivity index (χ2v) is 21.4. The van der Waals surface area contributed by atoms with Crippen LogP contribution in [0, 0.1) is 0 Å². The third kappa shape index (κ3) is 36.0. The zero-order valence-electron chi connectivity index (χ0n) is 43.6. The minimum Gasteiger partial charge on any atom is -0.394 e. The van der Waals surface area contributed by atoms with E-state index >= 15 is 0 Å². The zero-order chi connectivity index (χ0) is 49.9. The van der Waals surface area contributed by atoms with Crippen molar-refractivity contribution in [3.05, 3.63) is 0 Å². The monoisotopic (exact) mass is 994 g/mol. The molecule has 0 bridgehead atoms. The van der Waals surface area contributed by atoms with Gasteiger partial charge in [-0.2, -0.15) is 8.42 Å². The fraction of sp³-hybridized carbons (Fsp3) is 0.981. The van der Waals surface area contributed by atoms with Gasteiger partial charge in [0.2, 0.25) is 5.91 Å². The van der Waals surface area contributed by atoms with Crippen molar-refractivity contribution < 1.29 is 57.0 Å². The van der Waals surface area contributed by atoms with E-state index in [1.54, 1.807) is 0 Å². The minimum absolute atomic E-state index is 0.267. The zero-order valence-corrected chi connectivity index (χ0v) is 44.4. The molecule has 13 nitrogen and oxygen atoms in total. The van der Waals surface area contributed by atoms with Crippen LogP contribution < -0.4 is 5.32 Å². The minimum atomic E-state index is -5.11. The van der Waals surface area contributed by atoms with Gasteiger partial charge in [-0.15, -0.1) is 0 Å². The molecule has 0 aromatic rings. The number of carbonyl (C=O) groups excluding carboxylic acids is 1. The summed E-state index contributed by atoms with van der Waals surface area (Å²) in [5.74, 6) is -0.662. The van der Waals surface area contributed by atoms with Gasteiger partial charge in [0, 0.05) is 0 Å². The number of nitrogens with one attached hydrogen (secondary N) is 1. The third-order valence-corrected chi connectivity index (χ3v) is 14.5. The second-order valence-electron chi connectivity index (χ2n) is 20.4. The first kappa shape index (κ1) is 65.1. The van der Waals surface area contributed by atoms with Gasteiger partial charge in [0.25, 0.3) is 0 Å². The number of rotatable bonds is 50. The number of aliphatic hydroxyl groups excluding tert-OH is 5. The predicted molar refractivity (Wildman–Crippen MR) is 275 cm³/mol. The average Bonchev–Trinajstić information content (AvgIpc) is 3.31. The maximum Gasteiger partial charge on any atom is 0.397 e. The maximum absolute atomic E-state index is 13.2. The first-order chi connectivity index (χ1) is 32.9. The van der Waals surface area contributed by atoms with Crippen LogP contribution in [-0.2, 0) is 28.9 Å². The number of hydrogen-bond acceptors (Lipinski definition) is 11. The van der Waals surface area contributed by atoms with Crippen molar-refractivity contribution in [3.8, 4) is 0 Å². The molecule has 1 amide bonds. The fourth-order valence-corrected chi connectivity index (χ4v) is 10.0. The summed E-state index contributed by atoms with van der Waals surface area (Å²) in [5, 5.41) is 55.7. The Morgan fingerprint density at radius 2 is 0.853 bits per heavy atom. The van der Waals surface area contributed by atoms with Gasteiger partial charge in [0.15, 0.2) is 6.29 Å². The Bertz CT molecular complexity index is 1230. The van der Waals surface area contributed by atoms with E-state index in [9.17, 15) is 43.3 Å². The number of aliphatic hydroxyl groups is 5. The highest BCUT2D eigenvalue weighted by molar-refractivity contribution is 7.80. The van der Waals surface area contributed by atoms with Gasteiger partial charge in [0.1, 0.15) is 30.5 Å². The fourth-order valence-electron chi connectivity index (χ4n) is 9.53. The van der Waals surface area contributed by atoms with E-state index in [-0.39, 0.29) is 6.42 Å². The van der Waals surface area contributed by atoms with E-state index in [2.05, 4.69) is 23.3 Å². The Morgan fingerprint density at radius 3 is 1.18 bits per heavy atom. The van der Waals surface area contributed by atoms with Crippen LogP contribution in [-0.4, -0.2) is 107 Å². The molecular weight excluding hydrogens is 887 g/mol. The lowest BCUT2D eigenvalue weighted by Crippen LogP contribution is -2.61. The van der Waals surface area contributed by atoms with Crippen molar-refractivity contribution in [2.45, 2.75) is 326 Å². The second kappa shape index (κ2) is 44.7. The van der Waals surface area contributed by atoms with Crippen LogP contribution in [0.4, 0.5) is 0 Å². The van der Waals surface area contributed by atoms with Crippen LogP contribution in [0.5, 0.6) is 0 Å². The van der Waals surface area contributed by atoms with E-state index in [0.717, 1.165) is 38.5 Å². The molecule has 68 heavy (non-hydrogen) atoms. The lowest BCUT2D eigenvalue weighted by molar-refractivity contribution is -0.298. The largest absolute Gasteiger partial charge is 0.397 e. The molecule has 0 saturated carbocycles. The van der Waals surface area contributed by atoms with Crippen LogP contribution in [0.2, 0.25) is 0 Å². The van der Waals surface area contributed by atoms with E-state index in [0.29, 0.717) is 19.3 Å². The summed E-state index contributed by atoms with van der Waals surface area (Å²) in [4.78, 5) is 13.2. The highest BCUT2D eigenvalue weighted by Gasteiger charge is 2.48. The number of carbonyl (C=O) groups is 1. The van der Waals surface area contributed by atoms with E-state index < -0.39 is 78.5 Å². The smallest absolute Gasteiger partial charge is 0.394 e. The molecular formula is C54H107NO12S. The molecule has 0 spiro atoms. The first-order valence-corrected chi connectivity index (χ1v) is 29.9. The summed E-state index contributed by atoms with van der Waals surface area (Å²) in [7, 11) is -5.11. The number of ether oxygens (including phenoxy) is 2. The SMILES string of the molecule is CCCCCCCCCCCCCCCCCCCCCCCC(O)C(=O)NC(COC1OC(CO)C(O)C(OS(=O)(=O)O)C1O)C(O)CCCCCCCCCCCCCCCCCCCC. The van der Waals surface area contributed by atoms with Gasteiger partial charge in [-0.1, -0.05) is 264 Å². The van der Waals surface area contributed by atoms with E-state index in [1.807, 2.05) is 0 Å². The molecule has 1 rings (SSSR count).